The van der Waals surface area contributed by atoms with Gasteiger partial charge in [-0.05, 0) is 29.8 Å². The highest BCUT2D eigenvalue weighted by Crippen LogP contribution is 2.22. The van der Waals surface area contributed by atoms with E-state index in [-0.39, 0.29) is 13.1 Å². The monoisotopic (exact) mass is 332 g/mol. The van der Waals surface area contributed by atoms with Crippen LogP contribution in [-0.4, -0.2) is 44.8 Å². The minimum absolute atomic E-state index is 0.104. The lowest BCUT2D eigenvalue weighted by molar-refractivity contribution is -0.138. The molecule has 1 amide bonds. The molecule has 0 atom stereocenters. The predicted octanol–water partition coefficient (Wildman–Crippen LogP) is 0.346. The van der Waals surface area contributed by atoms with E-state index in [4.69, 9.17) is 10.8 Å². The number of nitrogens with zero attached hydrogens (tertiary/aromatic N) is 3. The zero-order valence-corrected chi connectivity index (χ0v) is 12.5. The quantitative estimate of drug-likeness (QED) is 0.750. The number of hydrogen-bond donors (Lipinski definition) is 2. The molecule has 0 spiro atoms. The van der Waals surface area contributed by atoms with Crippen LogP contribution in [0, 0.1) is 6.92 Å². The largest absolute Gasteiger partial charge is 0.480 e. The second-order valence-corrected chi connectivity index (χ2v) is 4.96. The van der Waals surface area contributed by atoms with Gasteiger partial charge in [0.15, 0.2) is 0 Å². The summed E-state index contributed by atoms with van der Waals surface area (Å²) in [5.41, 5.74) is 6.79. The Morgan fingerprint density at radius 3 is 2.58 bits per heavy atom. The van der Waals surface area contributed by atoms with Crippen molar-refractivity contribution in [2.24, 2.45) is 5.73 Å². The summed E-state index contributed by atoms with van der Waals surface area (Å²) in [6.07, 6.45) is 0. The van der Waals surface area contributed by atoms with Crippen molar-refractivity contribution in [2.75, 3.05) is 13.1 Å². The molecule has 0 fully saturated rings. The van der Waals surface area contributed by atoms with Crippen LogP contribution in [0.1, 0.15) is 18.3 Å². The Kier molecular flexibility index (Phi) is 5.49. The highest BCUT2D eigenvalue weighted by Gasteiger charge is 2.18. The normalized spacial score (nSPS) is 10.9. The van der Waals surface area contributed by atoms with Gasteiger partial charge in [-0.1, -0.05) is 0 Å². The lowest BCUT2D eigenvalue weighted by Gasteiger charge is -2.19. The van der Waals surface area contributed by atoms with Crippen LogP contribution < -0.4 is 5.73 Å². The molecule has 7 nitrogen and oxygen atoms in total. The number of carboxylic acids is 1. The maximum absolute atomic E-state index is 11.0. The molecule has 0 aliphatic rings. The fourth-order valence-corrected chi connectivity index (χ4v) is 2.22. The Hall–Kier alpha value is -1.41. The lowest BCUT2D eigenvalue weighted by Crippen LogP contribution is -2.37. The Labute approximate surface area is 119 Å². The molecule has 0 aromatic carbocycles. The van der Waals surface area contributed by atoms with E-state index in [1.165, 1.54) is 4.90 Å². The average molecular weight is 333 g/mol. The number of carbonyl (C=O) groups excluding carboxylic acids is 1. The zero-order valence-electron chi connectivity index (χ0n) is 10.9. The molecule has 1 aromatic rings. The van der Waals surface area contributed by atoms with Crippen LogP contribution in [0.3, 0.4) is 0 Å². The molecule has 1 heterocycles. The first-order chi connectivity index (χ1) is 8.85. The topological polar surface area (TPSA) is 101 Å². The Bertz CT molecular complexity index is 471. The molecule has 106 valence electrons. The highest BCUT2D eigenvalue weighted by molar-refractivity contribution is 9.10. The van der Waals surface area contributed by atoms with Crippen LogP contribution in [0.4, 0.5) is 0 Å². The lowest BCUT2D eigenvalue weighted by atomic mass is 10.3. The fourth-order valence-electron chi connectivity index (χ4n) is 1.81. The van der Waals surface area contributed by atoms with Gasteiger partial charge < -0.3 is 10.8 Å². The molecule has 0 unspecified atom stereocenters. The van der Waals surface area contributed by atoms with E-state index in [0.717, 1.165) is 15.9 Å². The summed E-state index contributed by atoms with van der Waals surface area (Å²) in [5.74, 6) is -1.56. The highest BCUT2D eigenvalue weighted by atomic mass is 79.9. The van der Waals surface area contributed by atoms with Crippen LogP contribution in [-0.2, 0) is 22.7 Å². The number of aryl methyl sites for hydroxylation is 2. The first-order valence-corrected chi connectivity index (χ1v) is 6.58. The number of carboxylic acid groups (broad SMARTS) is 1. The Morgan fingerprint density at radius 1 is 1.47 bits per heavy atom. The van der Waals surface area contributed by atoms with Crippen LogP contribution in [0.25, 0.3) is 0 Å². The van der Waals surface area contributed by atoms with Gasteiger partial charge in [-0.15, -0.1) is 0 Å². The van der Waals surface area contributed by atoms with Crippen molar-refractivity contribution in [3.8, 4) is 0 Å². The molecule has 1 rings (SSSR count). The number of hydrogen-bond acceptors (Lipinski definition) is 4. The molecule has 0 aliphatic heterocycles. The predicted molar refractivity (Wildman–Crippen MR) is 72.4 cm³/mol. The maximum Gasteiger partial charge on any atom is 0.317 e. The van der Waals surface area contributed by atoms with Crippen molar-refractivity contribution in [1.29, 1.82) is 0 Å². The molecule has 1 aromatic heterocycles. The molecular weight excluding hydrogens is 316 g/mol. The molecule has 0 saturated heterocycles. The summed E-state index contributed by atoms with van der Waals surface area (Å²) in [4.78, 5) is 23.2. The average Bonchev–Trinajstić information content (AvgIpc) is 2.55. The molecule has 3 N–H and O–H groups in total. The van der Waals surface area contributed by atoms with Gasteiger partial charge in [-0.25, -0.2) is 0 Å². The first kappa shape index (κ1) is 15.6. The zero-order chi connectivity index (χ0) is 14.6. The van der Waals surface area contributed by atoms with Gasteiger partial charge in [0.1, 0.15) is 0 Å². The van der Waals surface area contributed by atoms with Gasteiger partial charge in [-0.2, -0.15) is 5.10 Å². The summed E-state index contributed by atoms with van der Waals surface area (Å²) in [5, 5.41) is 13.2. The molecule has 19 heavy (non-hydrogen) atoms. The van der Waals surface area contributed by atoms with E-state index in [1.807, 2.05) is 13.8 Å². The number of rotatable bonds is 7. The summed E-state index contributed by atoms with van der Waals surface area (Å²) < 4.78 is 2.60. The molecule has 0 radical (unpaired) electrons. The standard InChI is InChI=1S/C11H17BrN4O3/c1-3-16-8(11(12)7(2)14-16)4-15(5-9(13)17)6-10(18)19/h3-6H2,1-2H3,(H2,13,17)(H,18,19). The molecule has 8 heteroatoms. The second-order valence-electron chi connectivity index (χ2n) is 4.17. The number of aliphatic carboxylic acids is 1. The van der Waals surface area contributed by atoms with E-state index < -0.39 is 11.9 Å². The second kappa shape index (κ2) is 6.67. The van der Waals surface area contributed by atoms with Gasteiger partial charge in [0.2, 0.25) is 5.91 Å². The van der Waals surface area contributed by atoms with Gasteiger partial charge in [-0.3, -0.25) is 19.2 Å². The van der Waals surface area contributed by atoms with E-state index in [9.17, 15) is 9.59 Å². The van der Waals surface area contributed by atoms with E-state index >= 15 is 0 Å². The van der Waals surface area contributed by atoms with E-state index in [2.05, 4.69) is 21.0 Å². The third-order valence-corrected chi connectivity index (χ3v) is 3.60. The van der Waals surface area contributed by atoms with Gasteiger partial charge in [0, 0.05) is 13.1 Å². The van der Waals surface area contributed by atoms with Crippen molar-refractivity contribution in [1.82, 2.24) is 14.7 Å². The number of amides is 1. The van der Waals surface area contributed by atoms with Crippen molar-refractivity contribution in [3.05, 3.63) is 15.9 Å². The SMILES string of the molecule is CCn1nc(C)c(Br)c1CN(CC(N)=O)CC(=O)O. The number of aromatic nitrogens is 2. The smallest absolute Gasteiger partial charge is 0.317 e. The molecule has 0 saturated carbocycles. The van der Waals surface area contributed by atoms with Crippen molar-refractivity contribution in [3.63, 3.8) is 0 Å². The van der Waals surface area contributed by atoms with Gasteiger partial charge >= 0.3 is 5.97 Å². The number of primary amides is 1. The molecular formula is C11H17BrN4O3. The van der Waals surface area contributed by atoms with Gasteiger partial charge in [0.25, 0.3) is 0 Å². The Balaban J connectivity index is 2.94. The van der Waals surface area contributed by atoms with Crippen molar-refractivity contribution < 1.29 is 14.7 Å². The minimum atomic E-state index is -1.00. The Morgan fingerprint density at radius 2 is 2.11 bits per heavy atom. The van der Waals surface area contributed by atoms with Crippen LogP contribution in [0.5, 0.6) is 0 Å². The van der Waals surface area contributed by atoms with Crippen LogP contribution in [0.2, 0.25) is 0 Å². The minimum Gasteiger partial charge on any atom is -0.480 e. The third kappa shape index (κ3) is 4.32. The number of carbonyl (C=O) groups is 2. The number of nitrogens with two attached hydrogens (primary N) is 1. The fraction of sp³-hybridized carbons (Fsp3) is 0.545. The van der Waals surface area contributed by atoms with Crippen LogP contribution in [0.15, 0.2) is 4.47 Å². The molecule has 0 bridgehead atoms. The summed E-state index contributed by atoms with van der Waals surface area (Å²) >= 11 is 3.43. The number of halogens is 1. The van der Waals surface area contributed by atoms with E-state index in [0.29, 0.717) is 13.1 Å². The summed E-state index contributed by atoms with van der Waals surface area (Å²) in [6.45, 7) is 4.41. The van der Waals surface area contributed by atoms with E-state index in [1.54, 1.807) is 4.68 Å². The first-order valence-electron chi connectivity index (χ1n) is 5.79. The van der Waals surface area contributed by atoms with Gasteiger partial charge in [0.05, 0.1) is 29.0 Å². The molecule has 0 aliphatic carbocycles. The third-order valence-electron chi connectivity index (χ3n) is 2.56. The summed E-state index contributed by atoms with van der Waals surface area (Å²) in [7, 11) is 0. The summed E-state index contributed by atoms with van der Waals surface area (Å²) in [6, 6.07) is 0. The van der Waals surface area contributed by atoms with Crippen LogP contribution >= 0.6 is 15.9 Å². The maximum atomic E-state index is 11.0. The van der Waals surface area contributed by atoms with Crippen molar-refractivity contribution in [2.45, 2.75) is 26.9 Å². The van der Waals surface area contributed by atoms with Crippen molar-refractivity contribution >= 4 is 27.8 Å².